The van der Waals surface area contributed by atoms with Gasteiger partial charge in [-0.05, 0) is 49.9 Å². The van der Waals surface area contributed by atoms with Crippen LogP contribution in [-0.2, 0) is 9.53 Å². The number of rotatable bonds is 4. The summed E-state index contributed by atoms with van der Waals surface area (Å²) in [5, 5.41) is 6.42. The first-order chi connectivity index (χ1) is 9.31. The molecule has 2 N–H and O–H groups in total. The van der Waals surface area contributed by atoms with Gasteiger partial charge in [0.2, 0.25) is 5.91 Å². The smallest absolute Gasteiger partial charge is 0.227 e. The number of amides is 1. The molecule has 1 aromatic rings. The lowest BCUT2D eigenvalue weighted by molar-refractivity contribution is -0.122. The number of hydrogen-bond acceptors (Lipinski definition) is 3. The van der Waals surface area contributed by atoms with Crippen molar-refractivity contribution in [2.24, 2.45) is 5.92 Å². The molecule has 1 saturated carbocycles. The van der Waals surface area contributed by atoms with Crippen LogP contribution < -0.4 is 10.6 Å². The molecule has 1 heterocycles. The number of benzene rings is 1. The zero-order valence-corrected chi connectivity index (χ0v) is 11.0. The summed E-state index contributed by atoms with van der Waals surface area (Å²) in [6, 6.07) is 8.63. The summed E-state index contributed by atoms with van der Waals surface area (Å²) >= 11 is 0. The number of anilines is 2. The van der Waals surface area contributed by atoms with E-state index < -0.39 is 0 Å². The van der Waals surface area contributed by atoms with Crippen molar-refractivity contribution in [3.8, 4) is 0 Å². The van der Waals surface area contributed by atoms with E-state index in [0.717, 1.165) is 24.2 Å². The third kappa shape index (κ3) is 3.47. The summed E-state index contributed by atoms with van der Waals surface area (Å²) in [5.41, 5.74) is 2.00. The van der Waals surface area contributed by atoms with Gasteiger partial charge in [-0.2, -0.15) is 0 Å². The minimum absolute atomic E-state index is 0.0954. The van der Waals surface area contributed by atoms with Crippen LogP contribution in [0.5, 0.6) is 0 Å². The van der Waals surface area contributed by atoms with E-state index in [2.05, 4.69) is 10.6 Å². The van der Waals surface area contributed by atoms with Crippen molar-refractivity contribution < 1.29 is 9.53 Å². The Hall–Kier alpha value is -1.55. The normalized spacial score (nSPS) is 20.0. The quantitative estimate of drug-likeness (QED) is 0.875. The zero-order valence-electron chi connectivity index (χ0n) is 11.0. The predicted octanol–water partition coefficient (Wildman–Crippen LogP) is 2.63. The highest BCUT2D eigenvalue weighted by atomic mass is 16.5. The summed E-state index contributed by atoms with van der Waals surface area (Å²) in [4.78, 5) is 12.1. The molecule has 1 aliphatic heterocycles. The molecule has 4 heteroatoms. The molecule has 1 saturated heterocycles. The van der Waals surface area contributed by atoms with E-state index in [1.165, 1.54) is 12.8 Å². The zero-order chi connectivity index (χ0) is 13.1. The van der Waals surface area contributed by atoms with Crippen LogP contribution in [0, 0.1) is 5.92 Å². The van der Waals surface area contributed by atoms with E-state index in [0.29, 0.717) is 19.3 Å². The molecule has 0 spiro atoms. The summed E-state index contributed by atoms with van der Waals surface area (Å²) in [5.74, 6) is 0.212. The molecule has 2 fully saturated rings. The van der Waals surface area contributed by atoms with E-state index in [9.17, 15) is 4.79 Å². The second-order valence-electron chi connectivity index (χ2n) is 5.37. The highest BCUT2D eigenvalue weighted by molar-refractivity contribution is 5.92. The molecular weight excluding hydrogens is 240 g/mol. The second kappa shape index (κ2) is 5.61. The van der Waals surface area contributed by atoms with Gasteiger partial charge in [0, 0.05) is 36.5 Å². The first kappa shape index (κ1) is 12.5. The third-order valence-electron chi connectivity index (χ3n) is 3.69. The summed E-state index contributed by atoms with van der Waals surface area (Å²) in [7, 11) is 0. The molecule has 4 nitrogen and oxygen atoms in total. The SMILES string of the molecule is O=C(Nc1ccc(NC2CC2)cc1)C1CCOCC1. The van der Waals surface area contributed by atoms with Gasteiger partial charge in [0.05, 0.1) is 0 Å². The number of nitrogens with one attached hydrogen (secondary N) is 2. The molecule has 0 unspecified atom stereocenters. The molecular formula is C15H20N2O2. The van der Waals surface area contributed by atoms with Crippen molar-refractivity contribution in [2.45, 2.75) is 31.7 Å². The monoisotopic (exact) mass is 260 g/mol. The third-order valence-corrected chi connectivity index (χ3v) is 3.69. The van der Waals surface area contributed by atoms with Crippen LogP contribution in [-0.4, -0.2) is 25.2 Å². The first-order valence-electron chi connectivity index (χ1n) is 7.06. The van der Waals surface area contributed by atoms with Gasteiger partial charge >= 0.3 is 0 Å². The molecule has 2 aliphatic rings. The Morgan fingerprint density at radius 1 is 1.00 bits per heavy atom. The van der Waals surface area contributed by atoms with Crippen LogP contribution in [0.15, 0.2) is 24.3 Å². The Morgan fingerprint density at radius 3 is 2.26 bits per heavy atom. The van der Waals surface area contributed by atoms with Crippen molar-refractivity contribution in [1.82, 2.24) is 0 Å². The van der Waals surface area contributed by atoms with Gasteiger partial charge in [0.1, 0.15) is 0 Å². The topological polar surface area (TPSA) is 50.4 Å². The summed E-state index contributed by atoms with van der Waals surface area (Å²) in [6.07, 6.45) is 4.19. The van der Waals surface area contributed by atoms with E-state index in [1.807, 2.05) is 24.3 Å². The van der Waals surface area contributed by atoms with Crippen LogP contribution in [0.4, 0.5) is 11.4 Å². The number of ether oxygens (including phenoxy) is 1. The Labute approximate surface area is 113 Å². The van der Waals surface area contributed by atoms with Crippen molar-refractivity contribution in [3.63, 3.8) is 0 Å². The molecule has 0 atom stereocenters. The van der Waals surface area contributed by atoms with Gasteiger partial charge < -0.3 is 15.4 Å². The molecule has 0 radical (unpaired) electrons. The second-order valence-corrected chi connectivity index (χ2v) is 5.37. The van der Waals surface area contributed by atoms with Crippen LogP contribution in [0.25, 0.3) is 0 Å². The van der Waals surface area contributed by atoms with E-state index in [-0.39, 0.29) is 11.8 Å². The molecule has 19 heavy (non-hydrogen) atoms. The summed E-state index contributed by atoms with van der Waals surface area (Å²) in [6.45, 7) is 1.39. The summed E-state index contributed by atoms with van der Waals surface area (Å²) < 4.78 is 5.27. The van der Waals surface area contributed by atoms with Crippen molar-refractivity contribution >= 4 is 17.3 Å². The fourth-order valence-corrected chi connectivity index (χ4v) is 2.32. The highest BCUT2D eigenvalue weighted by Crippen LogP contribution is 2.25. The Bertz CT molecular complexity index is 434. The maximum Gasteiger partial charge on any atom is 0.227 e. The number of carbonyl (C=O) groups excluding carboxylic acids is 1. The van der Waals surface area contributed by atoms with E-state index in [1.54, 1.807) is 0 Å². The molecule has 1 aliphatic carbocycles. The first-order valence-corrected chi connectivity index (χ1v) is 7.06. The lowest BCUT2D eigenvalue weighted by atomic mass is 9.99. The Balaban J connectivity index is 1.54. The minimum Gasteiger partial charge on any atom is -0.382 e. The standard InChI is InChI=1S/C15H20N2O2/c18-15(11-7-9-19-10-8-11)17-14-5-3-13(4-6-14)16-12-1-2-12/h3-6,11-12,16H,1-2,7-10H2,(H,17,18). The van der Waals surface area contributed by atoms with Gasteiger partial charge in [-0.1, -0.05) is 0 Å². The molecule has 0 aromatic heterocycles. The van der Waals surface area contributed by atoms with Crippen molar-refractivity contribution in [2.75, 3.05) is 23.8 Å². The van der Waals surface area contributed by atoms with Crippen LogP contribution in [0.3, 0.4) is 0 Å². The van der Waals surface area contributed by atoms with Crippen molar-refractivity contribution in [3.05, 3.63) is 24.3 Å². The van der Waals surface area contributed by atoms with Gasteiger partial charge in [-0.15, -0.1) is 0 Å². The number of hydrogen-bond donors (Lipinski definition) is 2. The van der Waals surface area contributed by atoms with E-state index in [4.69, 9.17) is 4.74 Å². The molecule has 102 valence electrons. The lowest BCUT2D eigenvalue weighted by Gasteiger charge is -2.21. The maximum absolute atomic E-state index is 12.1. The molecule has 1 amide bonds. The largest absolute Gasteiger partial charge is 0.382 e. The van der Waals surface area contributed by atoms with Crippen LogP contribution >= 0.6 is 0 Å². The van der Waals surface area contributed by atoms with Gasteiger partial charge in [0.15, 0.2) is 0 Å². The maximum atomic E-state index is 12.1. The molecule has 1 aromatic carbocycles. The Kier molecular flexibility index (Phi) is 3.69. The van der Waals surface area contributed by atoms with Crippen LogP contribution in [0.1, 0.15) is 25.7 Å². The fraction of sp³-hybridized carbons (Fsp3) is 0.533. The predicted molar refractivity (Wildman–Crippen MR) is 75.3 cm³/mol. The van der Waals surface area contributed by atoms with Crippen LogP contribution in [0.2, 0.25) is 0 Å². The van der Waals surface area contributed by atoms with Crippen molar-refractivity contribution in [1.29, 1.82) is 0 Å². The molecule has 3 rings (SSSR count). The van der Waals surface area contributed by atoms with Gasteiger partial charge in [-0.3, -0.25) is 4.79 Å². The van der Waals surface area contributed by atoms with Gasteiger partial charge in [0.25, 0.3) is 0 Å². The van der Waals surface area contributed by atoms with E-state index >= 15 is 0 Å². The highest BCUT2D eigenvalue weighted by Gasteiger charge is 2.22. The average molecular weight is 260 g/mol. The number of carbonyl (C=O) groups is 1. The van der Waals surface area contributed by atoms with Gasteiger partial charge in [-0.25, -0.2) is 0 Å². The molecule has 0 bridgehead atoms. The Morgan fingerprint density at radius 2 is 1.63 bits per heavy atom. The lowest BCUT2D eigenvalue weighted by Crippen LogP contribution is -2.28. The minimum atomic E-state index is 0.0954. The average Bonchev–Trinajstić information content (AvgIpc) is 3.26. The fourth-order valence-electron chi connectivity index (χ4n) is 2.32.